The number of carbonyl (C=O) groups is 1. The van der Waals surface area contributed by atoms with E-state index < -0.39 is 0 Å². The summed E-state index contributed by atoms with van der Waals surface area (Å²) in [7, 11) is 0. The smallest absolute Gasteiger partial charge is 0.164 e. The fourth-order valence-corrected chi connectivity index (χ4v) is 2.52. The Hall–Kier alpha value is -0.370. The van der Waals surface area contributed by atoms with E-state index in [1.54, 1.807) is 0 Å². The third-order valence-corrected chi connectivity index (χ3v) is 3.64. The molecule has 2 heteroatoms. The number of hydrogen-bond donors (Lipinski definition) is 0. The Labute approximate surface area is 93.4 Å². The van der Waals surface area contributed by atoms with Crippen molar-refractivity contribution in [2.24, 2.45) is 11.8 Å². The maximum Gasteiger partial charge on any atom is 0.164 e. The molecule has 0 bridgehead atoms. The summed E-state index contributed by atoms with van der Waals surface area (Å²) in [5.41, 5.74) is 0. The average Bonchev–Trinajstić information content (AvgIpc) is 2.28. The number of ketones is 1. The van der Waals surface area contributed by atoms with Crippen LogP contribution in [0, 0.1) is 11.8 Å². The van der Waals surface area contributed by atoms with Gasteiger partial charge in [-0.05, 0) is 45.4 Å². The maximum atomic E-state index is 12.0. The van der Waals surface area contributed by atoms with E-state index in [0.717, 1.165) is 18.8 Å². The molecule has 1 saturated carbocycles. The molecule has 2 nitrogen and oxygen atoms in total. The van der Waals surface area contributed by atoms with Crippen LogP contribution in [0.2, 0.25) is 0 Å². The molecule has 1 unspecified atom stereocenters. The fraction of sp³-hybridized carbons (Fsp3) is 0.923. The molecule has 0 aliphatic heterocycles. The maximum absolute atomic E-state index is 12.0. The molecule has 0 N–H and O–H groups in total. The molecule has 0 saturated heterocycles. The van der Waals surface area contributed by atoms with Crippen molar-refractivity contribution in [3.63, 3.8) is 0 Å². The summed E-state index contributed by atoms with van der Waals surface area (Å²) >= 11 is 0. The van der Waals surface area contributed by atoms with Crippen LogP contribution in [0.15, 0.2) is 0 Å². The van der Waals surface area contributed by atoms with Crippen molar-refractivity contribution < 1.29 is 9.53 Å². The van der Waals surface area contributed by atoms with Gasteiger partial charge in [0.2, 0.25) is 0 Å². The van der Waals surface area contributed by atoms with Gasteiger partial charge in [0, 0.05) is 12.5 Å². The van der Waals surface area contributed by atoms with E-state index >= 15 is 0 Å². The van der Waals surface area contributed by atoms with Crippen molar-refractivity contribution in [2.45, 2.75) is 59.0 Å². The molecular weight excluding hydrogens is 188 g/mol. The van der Waals surface area contributed by atoms with Crippen molar-refractivity contribution in [1.29, 1.82) is 0 Å². The van der Waals surface area contributed by atoms with Gasteiger partial charge in [0.25, 0.3) is 0 Å². The zero-order valence-corrected chi connectivity index (χ0v) is 10.3. The Morgan fingerprint density at radius 3 is 2.33 bits per heavy atom. The third-order valence-electron chi connectivity index (χ3n) is 3.64. The number of rotatable bonds is 5. The highest BCUT2D eigenvalue weighted by Crippen LogP contribution is 2.31. The van der Waals surface area contributed by atoms with Crippen LogP contribution in [0.3, 0.4) is 0 Å². The largest absolute Gasteiger partial charge is 0.371 e. The molecule has 15 heavy (non-hydrogen) atoms. The number of ether oxygens (including phenoxy) is 1. The molecule has 0 heterocycles. The zero-order valence-electron chi connectivity index (χ0n) is 10.3. The highest BCUT2D eigenvalue weighted by molar-refractivity contribution is 5.85. The van der Waals surface area contributed by atoms with Crippen LogP contribution in [0.5, 0.6) is 0 Å². The van der Waals surface area contributed by atoms with Crippen molar-refractivity contribution in [1.82, 2.24) is 0 Å². The topological polar surface area (TPSA) is 26.3 Å². The quantitative estimate of drug-likeness (QED) is 0.699. The minimum Gasteiger partial charge on any atom is -0.371 e. The zero-order chi connectivity index (χ0) is 11.3. The first-order valence-electron chi connectivity index (χ1n) is 6.34. The van der Waals surface area contributed by atoms with Gasteiger partial charge in [-0.15, -0.1) is 0 Å². The molecule has 88 valence electrons. The summed E-state index contributed by atoms with van der Waals surface area (Å²) in [5.74, 6) is 1.46. The average molecular weight is 212 g/mol. The minimum absolute atomic E-state index is 0.196. The first-order valence-corrected chi connectivity index (χ1v) is 6.34. The number of carbonyl (C=O) groups excluding carboxylic acids is 1. The molecule has 1 aliphatic rings. The molecule has 1 fully saturated rings. The van der Waals surface area contributed by atoms with E-state index in [4.69, 9.17) is 4.74 Å². The Kier molecular flexibility index (Phi) is 5.30. The lowest BCUT2D eigenvalue weighted by molar-refractivity contribution is -0.134. The molecule has 0 aromatic rings. The van der Waals surface area contributed by atoms with Crippen LogP contribution in [0.1, 0.15) is 52.9 Å². The second-order valence-corrected chi connectivity index (χ2v) is 4.63. The highest BCUT2D eigenvalue weighted by Gasteiger charge is 2.28. The number of Topliss-reactive ketones (excluding diaryl/α,β-unsaturated/α-hetero) is 1. The summed E-state index contributed by atoms with van der Waals surface area (Å²) in [6.45, 7) is 6.71. The number of hydrogen-bond acceptors (Lipinski definition) is 2. The summed E-state index contributed by atoms with van der Waals surface area (Å²) < 4.78 is 5.36. The Morgan fingerprint density at radius 1 is 1.27 bits per heavy atom. The van der Waals surface area contributed by atoms with E-state index in [1.807, 2.05) is 13.8 Å². The first kappa shape index (κ1) is 12.7. The van der Waals surface area contributed by atoms with E-state index in [0.29, 0.717) is 12.4 Å². The molecule has 1 aliphatic carbocycles. The van der Waals surface area contributed by atoms with Gasteiger partial charge in [-0.2, -0.15) is 0 Å². The van der Waals surface area contributed by atoms with Gasteiger partial charge in [0.1, 0.15) is 6.10 Å². The van der Waals surface area contributed by atoms with Gasteiger partial charge < -0.3 is 4.74 Å². The summed E-state index contributed by atoms with van der Waals surface area (Å²) in [6, 6.07) is 0. The van der Waals surface area contributed by atoms with Crippen LogP contribution in [0.4, 0.5) is 0 Å². The molecule has 0 amide bonds. The van der Waals surface area contributed by atoms with Crippen molar-refractivity contribution in [3.8, 4) is 0 Å². The highest BCUT2D eigenvalue weighted by atomic mass is 16.5. The molecule has 0 aromatic heterocycles. The molecule has 0 radical (unpaired) electrons. The monoisotopic (exact) mass is 212 g/mol. The van der Waals surface area contributed by atoms with Crippen LogP contribution >= 0.6 is 0 Å². The molecule has 0 aromatic carbocycles. The van der Waals surface area contributed by atoms with Crippen LogP contribution in [-0.4, -0.2) is 18.5 Å². The van der Waals surface area contributed by atoms with Gasteiger partial charge in [0.15, 0.2) is 5.78 Å². The Balaban J connectivity index is 2.35. The van der Waals surface area contributed by atoms with Crippen molar-refractivity contribution in [3.05, 3.63) is 0 Å². The lowest BCUT2D eigenvalue weighted by atomic mass is 9.78. The summed E-state index contributed by atoms with van der Waals surface area (Å²) in [5, 5.41) is 0. The van der Waals surface area contributed by atoms with Crippen LogP contribution < -0.4 is 0 Å². The third kappa shape index (κ3) is 3.60. The fourth-order valence-electron chi connectivity index (χ4n) is 2.52. The van der Waals surface area contributed by atoms with Crippen molar-refractivity contribution in [2.75, 3.05) is 6.61 Å². The standard InChI is InChI=1S/C13H24O2/c1-4-11-6-8-12(9-7-11)13(14)10(3)15-5-2/h10-12H,4-9H2,1-3H3. The molecular formula is C13H24O2. The summed E-state index contributed by atoms with van der Waals surface area (Å²) in [6.07, 6.45) is 5.68. The molecule has 0 spiro atoms. The predicted octanol–water partition coefficient (Wildman–Crippen LogP) is 3.20. The second kappa shape index (κ2) is 6.26. The minimum atomic E-state index is -0.196. The molecule has 1 rings (SSSR count). The van der Waals surface area contributed by atoms with Gasteiger partial charge in [0.05, 0.1) is 0 Å². The SMILES string of the molecule is CCOC(C)C(=O)C1CCC(CC)CC1. The first-order chi connectivity index (χ1) is 7.19. The lowest BCUT2D eigenvalue weighted by Gasteiger charge is -2.28. The van der Waals surface area contributed by atoms with E-state index in [2.05, 4.69) is 6.92 Å². The van der Waals surface area contributed by atoms with Gasteiger partial charge in [-0.1, -0.05) is 13.3 Å². The Bertz CT molecular complexity index is 193. The summed E-state index contributed by atoms with van der Waals surface area (Å²) in [4.78, 5) is 12.0. The van der Waals surface area contributed by atoms with Gasteiger partial charge in [-0.3, -0.25) is 4.79 Å². The van der Waals surface area contributed by atoms with E-state index in [1.165, 1.54) is 19.3 Å². The van der Waals surface area contributed by atoms with Crippen molar-refractivity contribution >= 4 is 5.78 Å². The van der Waals surface area contributed by atoms with Crippen LogP contribution in [0.25, 0.3) is 0 Å². The second-order valence-electron chi connectivity index (χ2n) is 4.63. The van der Waals surface area contributed by atoms with E-state index in [9.17, 15) is 4.79 Å². The van der Waals surface area contributed by atoms with E-state index in [-0.39, 0.29) is 12.0 Å². The Morgan fingerprint density at radius 2 is 1.87 bits per heavy atom. The van der Waals surface area contributed by atoms with Gasteiger partial charge in [-0.25, -0.2) is 0 Å². The lowest BCUT2D eigenvalue weighted by Crippen LogP contribution is -2.31. The van der Waals surface area contributed by atoms with Gasteiger partial charge >= 0.3 is 0 Å². The molecule has 1 atom stereocenters. The normalized spacial score (nSPS) is 28.7. The predicted molar refractivity (Wildman–Crippen MR) is 61.8 cm³/mol. The van der Waals surface area contributed by atoms with Crippen LogP contribution in [-0.2, 0) is 9.53 Å².